The van der Waals surface area contributed by atoms with Gasteiger partial charge in [-0.15, -0.1) is 0 Å². The molecule has 12 nitrogen and oxygen atoms in total. The van der Waals surface area contributed by atoms with Crippen LogP contribution in [0.1, 0.15) is 74.1 Å². The SMILES string of the molecule is CNC(=O)[C@H]1CCCC[C@H]1C(=O)N1CCc2cccc(OCCNC(=O)c3noc4ccccc34)c2[C@H]1CN1C(=O)c2ccccc2C1=O. The van der Waals surface area contributed by atoms with Crippen LogP contribution in [0.3, 0.4) is 0 Å². The van der Waals surface area contributed by atoms with Gasteiger partial charge in [0.25, 0.3) is 17.7 Å². The molecule has 1 aromatic heterocycles. The Morgan fingerprint density at radius 1 is 0.918 bits per heavy atom. The molecule has 12 heteroatoms. The molecule has 0 radical (unpaired) electrons. The van der Waals surface area contributed by atoms with E-state index in [1.165, 1.54) is 4.90 Å². The molecule has 3 heterocycles. The second kappa shape index (κ2) is 13.5. The minimum absolute atomic E-state index is 0.0706. The quantitative estimate of drug-likeness (QED) is 0.202. The first kappa shape index (κ1) is 32.0. The largest absolute Gasteiger partial charge is 0.491 e. The van der Waals surface area contributed by atoms with Crippen molar-refractivity contribution in [2.75, 3.05) is 33.3 Å². The molecule has 3 atom stereocenters. The van der Waals surface area contributed by atoms with Crippen LogP contribution in [0.4, 0.5) is 0 Å². The van der Waals surface area contributed by atoms with Gasteiger partial charge in [0, 0.05) is 31.0 Å². The van der Waals surface area contributed by atoms with E-state index in [0.29, 0.717) is 59.2 Å². The number of nitrogens with zero attached hydrogens (tertiary/aromatic N) is 3. The number of hydrogen-bond donors (Lipinski definition) is 2. The van der Waals surface area contributed by atoms with E-state index < -0.39 is 35.6 Å². The molecule has 1 aliphatic carbocycles. The number of rotatable bonds is 9. The summed E-state index contributed by atoms with van der Waals surface area (Å²) in [6.45, 7) is 0.554. The van der Waals surface area contributed by atoms with E-state index in [-0.39, 0.29) is 37.2 Å². The van der Waals surface area contributed by atoms with Crippen molar-refractivity contribution < 1.29 is 33.2 Å². The molecule has 3 aliphatic rings. The predicted octanol–water partition coefficient (Wildman–Crippen LogP) is 3.91. The normalized spacial score (nSPS) is 20.1. The van der Waals surface area contributed by atoms with Gasteiger partial charge in [0.05, 0.1) is 35.6 Å². The maximum Gasteiger partial charge on any atom is 0.274 e. The first-order valence-corrected chi connectivity index (χ1v) is 16.7. The number of carbonyl (C=O) groups excluding carboxylic acids is 5. The van der Waals surface area contributed by atoms with E-state index in [2.05, 4.69) is 15.8 Å². The monoisotopic (exact) mass is 663 g/mol. The molecule has 2 N–H and O–H groups in total. The molecule has 7 rings (SSSR count). The van der Waals surface area contributed by atoms with Crippen molar-refractivity contribution in [3.05, 3.63) is 94.7 Å². The molecule has 2 aliphatic heterocycles. The van der Waals surface area contributed by atoms with Crippen LogP contribution in [-0.2, 0) is 16.0 Å². The summed E-state index contributed by atoms with van der Waals surface area (Å²) in [5, 5.41) is 10.1. The highest BCUT2D eigenvalue weighted by Gasteiger charge is 2.45. The molecule has 0 bridgehead atoms. The van der Waals surface area contributed by atoms with Gasteiger partial charge in [0.2, 0.25) is 11.8 Å². The lowest BCUT2D eigenvalue weighted by atomic mass is 9.77. The van der Waals surface area contributed by atoms with Crippen LogP contribution in [0.25, 0.3) is 11.0 Å². The van der Waals surface area contributed by atoms with Crippen LogP contribution < -0.4 is 15.4 Å². The highest BCUT2D eigenvalue weighted by Crippen LogP contribution is 2.41. The minimum atomic E-state index is -0.710. The number of benzene rings is 3. The number of carbonyl (C=O) groups is 5. The summed E-state index contributed by atoms with van der Waals surface area (Å²) in [6, 6.07) is 18.7. The van der Waals surface area contributed by atoms with Crippen molar-refractivity contribution >= 4 is 40.5 Å². The summed E-state index contributed by atoms with van der Waals surface area (Å²) < 4.78 is 11.5. The number of amides is 5. The van der Waals surface area contributed by atoms with E-state index in [0.717, 1.165) is 18.4 Å². The molecule has 0 unspecified atom stereocenters. The molecule has 49 heavy (non-hydrogen) atoms. The fourth-order valence-electron chi connectivity index (χ4n) is 7.49. The second-order valence-corrected chi connectivity index (χ2v) is 12.6. The van der Waals surface area contributed by atoms with Crippen molar-refractivity contribution in [1.82, 2.24) is 25.6 Å². The van der Waals surface area contributed by atoms with Gasteiger partial charge in [-0.2, -0.15) is 0 Å². The van der Waals surface area contributed by atoms with E-state index in [1.807, 2.05) is 12.1 Å². The van der Waals surface area contributed by atoms with Crippen molar-refractivity contribution in [2.24, 2.45) is 11.8 Å². The molecule has 3 aromatic carbocycles. The van der Waals surface area contributed by atoms with Crippen LogP contribution >= 0.6 is 0 Å². The number of ether oxygens (including phenoxy) is 1. The van der Waals surface area contributed by atoms with Crippen molar-refractivity contribution in [3.8, 4) is 5.75 Å². The summed E-state index contributed by atoms with van der Waals surface area (Å²) in [6.07, 6.45) is 3.43. The fraction of sp³-hybridized carbons (Fsp3) is 0.351. The average Bonchev–Trinajstić information content (AvgIpc) is 3.68. The standard InChI is InChI=1S/C37H37N5O7/c1-38-33(43)23-10-2-3-11-24(23)35(45)41-19-17-22-9-8-16-30(48-20-18-39-34(44)32-27-14-6-7-15-29(27)49-40-32)31(22)28(41)21-42-36(46)25-12-4-5-13-26(25)37(42)47/h4-9,12-16,23-24,28H,2-3,10-11,17-21H2,1H3,(H,38,43)(H,39,44)/t23-,24+,28+/m0/s1. The first-order chi connectivity index (χ1) is 23.9. The first-order valence-electron chi connectivity index (χ1n) is 16.7. The zero-order valence-electron chi connectivity index (χ0n) is 27.1. The Morgan fingerprint density at radius 2 is 1.63 bits per heavy atom. The molecule has 1 fully saturated rings. The van der Waals surface area contributed by atoms with Crippen LogP contribution in [0.2, 0.25) is 0 Å². The highest BCUT2D eigenvalue weighted by atomic mass is 16.5. The van der Waals surface area contributed by atoms with Gasteiger partial charge < -0.3 is 24.8 Å². The van der Waals surface area contributed by atoms with Gasteiger partial charge in [-0.25, -0.2) is 0 Å². The molecule has 1 saturated carbocycles. The topological polar surface area (TPSA) is 151 Å². The molecule has 252 valence electrons. The molecule has 0 saturated heterocycles. The van der Waals surface area contributed by atoms with Gasteiger partial charge in [0.15, 0.2) is 11.3 Å². The Bertz CT molecular complexity index is 1920. The third-order valence-corrected chi connectivity index (χ3v) is 9.91. The van der Waals surface area contributed by atoms with E-state index in [1.54, 1.807) is 66.5 Å². The van der Waals surface area contributed by atoms with Crippen molar-refractivity contribution in [1.29, 1.82) is 0 Å². The van der Waals surface area contributed by atoms with Gasteiger partial charge in [-0.05, 0) is 55.2 Å². The van der Waals surface area contributed by atoms with Crippen LogP contribution in [-0.4, -0.2) is 77.8 Å². The Morgan fingerprint density at radius 3 is 2.39 bits per heavy atom. The smallest absolute Gasteiger partial charge is 0.274 e. The van der Waals surface area contributed by atoms with Crippen LogP contribution in [0.15, 0.2) is 71.3 Å². The lowest BCUT2D eigenvalue weighted by Gasteiger charge is -2.42. The lowest BCUT2D eigenvalue weighted by Crippen LogP contribution is -2.51. The predicted molar refractivity (Wildman–Crippen MR) is 178 cm³/mol. The maximum atomic E-state index is 14.5. The third-order valence-electron chi connectivity index (χ3n) is 9.91. The lowest BCUT2D eigenvalue weighted by molar-refractivity contribution is -0.146. The number of aromatic nitrogens is 1. The summed E-state index contributed by atoms with van der Waals surface area (Å²) >= 11 is 0. The van der Waals surface area contributed by atoms with Crippen LogP contribution in [0.5, 0.6) is 5.75 Å². The Kier molecular flexibility index (Phi) is 8.85. The number of fused-ring (bicyclic) bond motifs is 3. The maximum absolute atomic E-state index is 14.5. The molecule has 5 amide bonds. The zero-order valence-corrected chi connectivity index (χ0v) is 27.1. The average molecular weight is 664 g/mol. The van der Waals surface area contributed by atoms with Gasteiger partial charge in [-0.1, -0.05) is 54.4 Å². The van der Waals surface area contributed by atoms with E-state index in [9.17, 15) is 24.0 Å². The number of hydrogen-bond acceptors (Lipinski definition) is 8. The highest BCUT2D eigenvalue weighted by molar-refractivity contribution is 6.21. The Balaban J connectivity index is 1.16. The minimum Gasteiger partial charge on any atom is -0.491 e. The van der Waals surface area contributed by atoms with E-state index >= 15 is 0 Å². The number of imide groups is 1. The van der Waals surface area contributed by atoms with Crippen molar-refractivity contribution in [3.63, 3.8) is 0 Å². The molecule has 4 aromatic rings. The Hall–Kier alpha value is -5.52. The van der Waals surface area contributed by atoms with E-state index in [4.69, 9.17) is 9.26 Å². The number of para-hydroxylation sites is 1. The molecular weight excluding hydrogens is 626 g/mol. The van der Waals surface area contributed by atoms with Gasteiger partial charge >= 0.3 is 0 Å². The summed E-state index contributed by atoms with van der Waals surface area (Å²) in [5.41, 5.74) is 2.99. The molecule has 0 spiro atoms. The van der Waals surface area contributed by atoms with Crippen LogP contribution in [0, 0.1) is 11.8 Å². The zero-order chi connectivity index (χ0) is 34.1. The Labute approximate surface area is 282 Å². The number of nitrogens with one attached hydrogen (secondary N) is 2. The molecular formula is C37H37N5O7. The van der Waals surface area contributed by atoms with Gasteiger partial charge in [0.1, 0.15) is 12.4 Å². The fourth-order valence-corrected chi connectivity index (χ4v) is 7.49. The van der Waals surface area contributed by atoms with Gasteiger partial charge in [-0.3, -0.25) is 28.9 Å². The van der Waals surface area contributed by atoms with Crippen molar-refractivity contribution in [2.45, 2.75) is 38.1 Å². The second-order valence-electron chi connectivity index (χ2n) is 12.6. The summed E-state index contributed by atoms with van der Waals surface area (Å²) in [4.78, 5) is 70.3. The third kappa shape index (κ3) is 5.92. The summed E-state index contributed by atoms with van der Waals surface area (Å²) in [7, 11) is 1.58. The summed E-state index contributed by atoms with van der Waals surface area (Å²) in [5.74, 6) is -2.03.